The molecular weight excluding hydrogens is 416 g/mol. The van der Waals surface area contributed by atoms with E-state index in [1.165, 1.54) is 4.40 Å². The number of benzene rings is 1. The first-order valence-electron chi connectivity index (χ1n) is 10.9. The van der Waals surface area contributed by atoms with Crippen LogP contribution in [0.3, 0.4) is 0 Å². The zero-order valence-electron chi connectivity index (χ0n) is 18.8. The number of morpholine rings is 1. The Morgan fingerprint density at radius 2 is 1.85 bits per heavy atom. The standard InChI is InChI=1S/C25H24N6O2/c1-16-14-30(15-17(2)33-16)24-19(25(32)31-11-7-6-10-22(31)28-24)12-18(13-26)23-27-20-8-4-5-9-21(20)29(23)3/h4-12,16-17H,14-15H2,1-3H3/b18-12+/t16-,17+. The Hall–Kier alpha value is -3.96. The van der Waals surface area contributed by atoms with Gasteiger partial charge in [0, 0.05) is 26.3 Å². The van der Waals surface area contributed by atoms with Gasteiger partial charge in [0.25, 0.3) is 5.56 Å². The maximum absolute atomic E-state index is 13.6. The van der Waals surface area contributed by atoms with Gasteiger partial charge in [0.05, 0.1) is 34.4 Å². The smallest absolute Gasteiger partial charge is 0.267 e. The maximum Gasteiger partial charge on any atom is 0.267 e. The highest BCUT2D eigenvalue weighted by Crippen LogP contribution is 2.26. The van der Waals surface area contributed by atoms with Gasteiger partial charge in [0.2, 0.25) is 0 Å². The van der Waals surface area contributed by atoms with E-state index in [1.54, 1.807) is 18.3 Å². The Bertz CT molecular complexity index is 1480. The largest absolute Gasteiger partial charge is 0.372 e. The van der Waals surface area contributed by atoms with E-state index in [2.05, 4.69) is 16.0 Å². The summed E-state index contributed by atoms with van der Waals surface area (Å²) in [6, 6.07) is 15.4. The molecule has 4 heterocycles. The fourth-order valence-electron chi connectivity index (χ4n) is 4.49. The summed E-state index contributed by atoms with van der Waals surface area (Å²) in [5.74, 6) is 1.06. The first-order valence-corrected chi connectivity index (χ1v) is 10.9. The number of nitrogens with zero attached hydrogens (tertiary/aromatic N) is 6. The van der Waals surface area contributed by atoms with Crippen LogP contribution < -0.4 is 10.5 Å². The molecule has 0 N–H and O–H groups in total. The second kappa shape index (κ2) is 8.19. The van der Waals surface area contributed by atoms with Crippen molar-refractivity contribution in [3.63, 3.8) is 0 Å². The van der Waals surface area contributed by atoms with E-state index in [9.17, 15) is 10.1 Å². The number of aromatic nitrogens is 4. The molecule has 0 radical (unpaired) electrons. The predicted molar refractivity (Wildman–Crippen MR) is 128 cm³/mol. The van der Waals surface area contributed by atoms with Gasteiger partial charge in [-0.2, -0.15) is 5.26 Å². The molecule has 0 saturated carbocycles. The third kappa shape index (κ3) is 3.66. The average Bonchev–Trinajstić information content (AvgIpc) is 3.14. The summed E-state index contributed by atoms with van der Waals surface area (Å²) in [4.78, 5) is 25.1. The van der Waals surface area contributed by atoms with Crippen LogP contribution in [0.5, 0.6) is 0 Å². The summed E-state index contributed by atoms with van der Waals surface area (Å²) < 4.78 is 9.26. The van der Waals surface area contributed by atoms with Crippen LogP contribution in [-0.4, -0.2) is 44.2 Å². The highest BCUT2D eigenvalue weighted by atomic mass is 16.5. The van der Waals surface area contributed by atoms with Crippen molar-refractivity contribution >= 4 is 34.1 Å². The minimum atomic E-state index is -0.228. The van der Waals surface area contributed by atoms with E-state index < -0.39 is 0 Å². The summed E-state index contributed by atoms with van der Waals surface area (Å²) in [5, 5.41) is 10.0. The van der Waals surface area contributed by atoms with Crippen molar-refractivity contribution < 1.29 is 4.74 Å². The minimum Gasteiger partial charge on any atom is -0.372 e. The molecule has 1 aliphatic rings. The number of nitriles is 1. The van der Waals surface area contributed by atoms with Gasteiger partial charge >= 0.3 is 0 Å². The highest BCUT2D eigenvalue weighted by molar-refractivity contribution is 5.92. The first kappa shape index (κ1) is 20.9. The highest BCUT2D eigenvalue weighted by Gasteiger charge is 2.27. The Morgan fingerprint density at radius 3 is 2.58 bits per heavy atom. The fraction of sp³-hybridized carbons (Fsp3) is 0.280. The van der Waals surface area contributed by atoms with Crippen LogP contribution in [-0.2, 0) is 11.8 Å². The van der Waals surface area contributed by atoms with Crippen LogP contribution in [0.4, 0.5) is 5.82 Å². The molecular formula is C25H24N6O2. The monoisotopic (exact) mass is 440 g/mol. The van der Waals surface area contributed by atoms with Gasteiger partial charge in [-0.15, -0.1) is 0 Å². The van der Waals surface area contributed by atoms with Crippen molar-refractivity contribution in [2.24, 2.45) is 7.05 Å². The Morgan fingerprint density at radius 1 is 1.12 bits per heavy atom. The van der Waals surface area contributed by atoms with Gasteiger partial charge < -0.3 is 14.2 Å². The molecule has 1 fully saturated rings. The third-order valence-electron chi connectivity index (χ3n) is 5.91. The van der Waals surface area contributed by atoms with Gasteiger partial charge in [0.15, 0.2) is 5.82 Å². The number of para-hydroxylation sites is 2. The number of hydrogen-bond donors (Lipinski definition) is 0. The lowest BCUT2D eigenvalue weighted by molar-refractivity contribution is -0.00546. The van der Waals surface area contributed by atoms with Crippen molar-refractivity contribution in [2.75, 3.05) is 18.0 Å². The zero-order valence-corrected chi connectivity index (χ0v) is 18.8. The van der Waals surface area contributed by atoms with E-state index >= 15 is 0 Å². The Kier molecular flexibility index (Phi) is 5.19. The van der Waals surface area contributed by atoms with Crippen LogP contribution >= 0.6 is 0 Å². The lowest BCUT2D eigenvalue weighted by Crippen LogP contribution is -2.46. The molecule has 1 aromatic carbocycles. The molecule has 1 aliphatic heterocycles. The number of allylic oxidation sites excluding steroid dienone is 1. The average molecular weight is 441 g/mol. The summed E-state index contributed by atoms with van der Waals surface area (Å²) in [5.41, 5.74) is 2.71. The van der Waals surface area contributed by atoms with E-state index in [4.69, 9.17) is 9.72 Å². The molecule has 0 aliphatic carbocycles. The van der Waals surface area contributed by atoms with Crippen molar-refractivity contribution in [1.29, 1.82) is 5.26 Å². The van der Waals surface area contributed by atoms with Gasteiger partial charge in [0.1, 0.15) is 17.5 Å². The normalized spacial score (nSPS) is 19.2. The summed E-state index contributed by atoms with van der Waals surface area (Å²) in [7, 11) is 1.87. The van der Waals surface area contributed by atoms with Crippen molar-refractivity contribution in [2.45, 2.75) is 26.1 Å². The van der Waals surface area contributed by atoms with Crippen LogP contribution in [0.2, 0.25) is 0 Å². The fourth-order valence-corrected chi connectivity index (χ4v) is 4.49. The molecule has 2 atom stereocenters. The molecule has 3 aromatic heterocycles. The Labute approximate surface area is 191 Å². The number of hydrogen-bond acceptors (Lipinski definition) is 6. The van der Waals surface area contributed by atoms with E-state index in [0.29, 0.717) is 41.5 Å². The third-order valence-corrected chi connectivity index (χ3v) is 5.91. The molecule has 8 heteroatoms. The molecule has 1 saturated heterocycles. The predicted octanol–water partition coefficient (Wildman–Crippen LogP) is 3.26. The summed E-state index contributed by atoms with van der Waals surface area (Å²) >= 11 is 0. The number of rotatable bonds is 3. The van der Waals surface area contributed by atoms with Crippen molar-refractivity contribution in [3.05, 3.63) is 70.4 Å². The second-order valence-electron chi connectivity index (χ2n) is 8.40. The van der Waals surface area contributed by atoms with Gasteiger partial charge in [-0.25, -0.2) is 9.97 Å². The zero-order chi connectivity index (χ0) is 23.1. The van der Waals surface area contributed by atoms with Gasteiger partial charge in [-0.05, 0) is 44.2 Å². The van der Waals surface area contributed by atoms with Crippen LogP contribution in [0.25, 0.3) is 28.3 Å². The molecule has 0 bridgehead atoms. The molecule has 8 nitrogen and oxygen atoms in total. The Balaban J connectivity index is 1.74. The van der Waals surface area contributed by atoms with Crippen LogP contribution in [0.1, 0.15) is 25.2 Å². The van der Waals surface area contributed by atoms with Crippen molar-refractivity contribution in [3.8, 4) is 6.07 Å². The van der Waals surface area contributed by atoms with E-state index in [0.717, 1.165) is 11.0 Å². The van der Waals surface area contributed by atoms with Gasteiger partial charge in [-0.3, -0.25) is 9.20 Å². The second-order valence-corrected chi connectivity index (χ2v) is 8.40. The topological polar surface area (TPSA) is 88.5 Å². The summed E-state index contributed by atoms with van der Waals surface area (Å²) in [6.07, 6.45) is 3.31. The molecule has 5 rings (SSSR count). The molecule has 4 aromatic rings. The van der Waals surface area contributed by atoms with Crippen LogP contribution in [0, 0.1) is 11.3 Å². The van der Waals surface area contributed by atoms with Crippen LogP contribution in [0.15, 0.2) is 53.5 Å². The molecule has 0 spiro atoms. The van der Waals surface area contributed by atoms with Gasteiger partial charge in [-0.1, -0.05) is 18.2 Å². The molecule has 33 heavy (non-hydrogen) atoms. The molecule has 166 valence electrons. The number of pyridine rings is 1. The van der Waals surface area contributed by atoms with E-state index in [-0.39, 0.29) is 17.8 Å². The molecule has 0 amide bonds. The number of imidazole rings is 1. The lowest BCUT2D eigenvalue weighted by atomic mass is 10.1. The molecule has 0 unspecified atom stereocenters. The van der Waals surface area contributed by atoms with Crippen molar-refractivity contribution in [1.82, 2.24) is 18.9 Å². The maximum atomic E-state index is 13.6. The minimum absolute atomic E-state index is 0.00289. The lowest BCUT2D eigenvalue weighted by Gasteiger charge is -2.36. The number of anilines is 1. The summed E-state index contributed by atoms with van der Waals surface area (Å²) in [6.45, 7) is 5.22. The van der Waals surface area contributed by atoms with E-state index in [1.807, 2.05) is 61.9 Å². The number of fused-ring (bicyclic) bond motifs is 2. The quantitative estimate of drug-likeness (QED) is 0.455. The SMILES string of the molecule is C[C@@H]1CN(c2nc3ccccn3c(=O)c2/C=C(\C#N)c2nc3ccccc3n2C)C[C@H](C)O1. The number of ether oxygens (including phenoxy) is 1. The number of aryl methyl sites for hydroxylation is 1. The first-order chi connectivity index (χ1) is 16.0.